The van der Waals surface area contributed by atoms with Crippen molar-refractivity contribution in [3.63, 3.8) is 0 Å². The van der Waals surface area contributed by atoms with Crippen LogP contribution < -0.4 is 5.32 Å². The Morgan fingerprint density at radius 3 is 3.05 bits per heavy atom. The molecule has 0 aromatic heterocycles. The van der Waals surface area contributed by atoms with Gasteiger partial charge < -0.3 is 15.3 Å². The molecule has 2 amide bonds. The zero-order chi connectivity index (χ0) is 15.4. The van der Waals surface area contributed by atoms with E-state index in [0.29, 0.717) is 19.6 Å². The van der Waals surface area contributed by atoms with E-state index in [-0.39, 0.29) is 17.0 Å². The lowest BCUT2D eigenvalue weighted by Gasteiger charge is -2.34. The minimum absolute atomic E-state index is 0.0499. The lowest BCUT2D eigenvalue weighted by molar-refractivity contribution is 0.0738. The van der Waals surface area contributed by atoms with Crippen molar-refractivity contribution >= 4 is 17.6 Å². The first-order chi connectivity index (χ1) is 9.97. The molecule has 0 radical (unpaired) electrons. The molecular formula is C15H20ClFN2O2. The fourth-order valence-corrected chi connectivity index (χ4v) is 2.73. The normalized spacial score (nSPS) is 20.2. The number of nitrogens with zero attached hydrogens (tertiary/aromatic N) is 1. The number of aliphatic hydroxyl groups is 1. The zero-order valence-electron chi connectivity index (χ0n) is 12.0. The van der Waals surface area contributed by atoms with E-state index < -0.39 is 11.9 Å². The molecule has 1 aliphatic heterocycles. The monoisotopic (exact) mass is 314 g/mol. The number of urea groups is 1. The number of likely N-dealkylation sites (tertiary alicyclic amines) is 1. The van der Waals surface area contributed by atoms with Crippen LogP contribution in [-0.4, -0.2) is 35.2 Å². The zero-order valence-corrected chi connectivity index (χ0v) is 12.7. The van der Waals surface area contributed by atoms with Gasteiger partial charge in [-0.05, 0) is 37.5 Å². The maximum absolute atomic E-state index is 13.1. The summed E-state index contributed by atoms with van der Waals surface area (Å²) in [6, 6.07) is 4.22. The first-order valence-corrected chi connectivity index (χ1v) is 7.50. The van der Waals surface area contributed by atoms with Crippen molar-refractivity contribution in [1.29, 1.82) is 0 Å². The molecule has 1 aromatic carbocycles. The second kappa shape index (κ2) is 7.09. The predicted octanol–water partition coefficient (Wildman–Crippen LogP) is 2.78. The van der Waals surface area contributed by atoms with Gasteiger partial charge in [-0.2, -0.15) is 0 Å². The van der Waals surface area contributed by atoms with E-state index >= 15 is 0 Å². The lowest BCUT2D eigenvalue weighted by Crippen LogP contribution is -2.47. The fraction of sp³-hybridized carbons (Fsp3) is 0.533. The highest BCUT2D eigenvalue weighted by molar-refractivity contribution is 6.30. The van der Waals surface area contributed by atoms with Gasteiger partial charge in [-0.1, -0.05) is 17.7 Å². The number of piperidine rings is 1. The van der Waals surface area contributed by atoms with Gasteiger partial charge in [0.1, 0.15) is 5.82 Å². The Balaban J connectivity index is 1.87. The van der Waals surface area contributed by atoms with Crippen LogP contribution in [0.3, 0.4) is 0 Å². The Morgan fingerprint density at radius 2 is 2.38 bits per heavy atom. The second-order valence-electron chi connectivity index (χ2n) is 5.50. The van der Waals surface area contributed by atoms with Crippen LogP contribution in [0.1, 0.15) is 25.3 Å². The Labute approximate surface area is 128 Å². The summed E-state index contributed by atoms with van der Waals surface area (Å²) >= 11 is 5.71. The molecule has 116 valence electrons. The molecule has 1 heterocycles. The van der Waals surface area contributed by atoms with Crippen LogP contribution in [0.5, 0.6) is 0 Å². The molecule has 1 saturated heterocycles. The maximum atomic E-state index is 13.1. The summed E-state index contributed by atoms with van der Waals surface area (Å²) in [5.74, 6) is -0.340. The molecule has 4 nitrogen and oxygen atoms in total. The number of carbonyl (C=O) groups is 1. The minimum Gasteiger partial charge on any atom is -0.393 e. The summed E-state index contributed by atoms with van der Waals surface area (Å²) in [5.41, 5.74) is 0.749. The maximum Gasteiger partial charge on any atom is 0.317 e. The molecule has 1 fully saturated rings. The van der Waals surface area contributed by atoms with Gasteiger partial charge in [0.25, 0.3) is 0 Å². The molecule has 1 aliphatic rings. The van der Waals surface area contributed by atoms with Crippen molar-refractivity contribution in [2.45, 2.75) is 32.4 Å². The number of hydrogen-bond donors (Lipinski definition) is 2. The van der Waals surface area contributed by atoms with Crippen molar-refractivity contribution in [1.82, 2.24) is 10.2 Å². The molecule has 1 aromatic rings. The van der Waals surface area contributed by atoms with Crippen molar-refractivity contribution in [3.8, 4) is 0 Å². The number of aliphatic hydroxyl groups excluding tert-OH is 1. The molecule has 0 aliphatic carbocycles. The highest BCUT2D eigenvalue weighted by Gasteiger charge is 2.26. The number of hydrogen-bond acceptors (Lipinski definition) is 2. The Morgan fingerprint density at radius 1 is 1.62 bits per heavy atom. The summed E-state index contributed by atoms with van der Waals surface area (Å²) in [7, 11) is 0. The van der Waals surface area contributed by atoms with Gasteiger partial charge in [0.15, 0.2) is 0 Å². The average molecular weight is 315 g/mol. The molecule has 0 bridgehead atoms. The van der Waals surface area contributed by atoms with Gasteiger partial charge in [-0.3, -0.25) is 0 Å². The number of benzene rings is 1. The first kappa shape index (κ1) is 16.0. The largest absolute Gasteiger partial charge is 0.393 e. The van der Waals surface area contributed by atoms with Gasteiger partial charge in [0, 0.05) is 25.6 Å². The first-order valence-electron chi connectivity index (χ1n) is 7.12. The smallest absolute Gasteiger partial charge is 0.317 e. The van der Waals surface area contributed by atoms with Gasteiger partial charge in [-0.15, -0.1) is 0 Å². The molecule has 2 unspecified atom stereocenters. The second-order valence-corrected chi connectivity index (χ2v) is 5.90. The molecule has 6 heteroatoms. The van der Waals surface area contributed by atoms with E-state index in [9.17, 15) is 14.3 Å². The van der Waals surface area contributed by atoms with Crippen molar-refractivity contribution in [2.24, 2.45) is 5.92 Å². The van der Waals surface area contributed by atoms with Crippen LogP contribution in [0.15, 0.2) is 18.2 Å². The predicted molar refractivity (Wildman–Crippen MR) is 79.6 cm³/mol. The van der Waals surface area contributed by atoms with E-state index in [0.717, 1.165) is 18.4 Å². The van der Waals surface area contributed by atoms with Crippen LogP contribution in [0.4, 0.5) is 9.18 Å². The highest BCUT2D eigenvalue weighted by Crippen LogP contribution is 2.20. The standard InChI is InChI=1S/C15H20ClFN2O2/c1-10(20)12-3-2-6-19(9-12)15(21)18-8-11-4-5-14(17)13(16)7-11/h4-5,7,10,12,20H,2-3,6,8-9H2,1H3,(H,18,21). The number of rotatable bonds is 3. The van der Waals surface area contributed by atoms with E-state index in [1.807, 2.05) is 0 Å². The van der Waals surface area contributed by atoms with Crippen LogP contribution >= 0.6 is 11.6 Å². The van der Waals surface area contributed by atoms with Crippen LogP contribution in [0, 0.1) is 11.7 Å². The SMILES string of the molecule is CC(O)C1CCCN(C(=O)NCc2ccc(F)c(Cl)c2)C1. The highest BCUT2D eigenvalue weighted by atomic mass is 35.5. The molecule has 2 rings (SSSR count). The molecular weight excluding hydrogens is 295 g/mol. The Bertz CT molecular complexity index is 510. The average Bonchev–Trinajstić information content (AvgIpc) is 2.48. The summed E-state index contributed by atoms with van der Waals surface area (Å²) in [6.07, 6.45) is 1.43. The number of amides is 2. The molecule has 2 N–H and O–H groups in total. The summed E-state index contributed by atoms with van der Waals surface area (Å²) < 4.78 is 13.1. The molecule has 0 saturated carbocycles. The van der Waals surface area contributed by atoms with Gasteiger partial charge in [-0.25, -0.2) is 9.18 Å². The summed E-state index contributed by atoms with van der Waals surface area (Å²) in [5, 5.41) is 12.5. The number of halogens is 2. The van der Waals surface area contributed by atoms with E-state index in [1.54, 1.807) is 17.9 Å². The van der Waals surface area contributed by atoms with Crippen molar-refractivity contribution in [2.75, 3.05) is 13.1 Å². The minimum atomic E-state index is -0.470. The lowest BCUT2D eigenvalue weighted by atomic mass is 9.94. The van der Waals surface area contributed by atoms with Gasteiger partial charge in [0.05, 0.1) is 11.1 Å². The Hall–Kier alpha value is -1.33. The van der Waals surface area contributed by atoms with Crippen LogP contribution in [-0.2, 0) is 6.54 Å². The number of nitrogens with one attached hydrogen (secondary N) is 1. The van der Waals surface area contributed by atoms with E-state index in [1.165, 1.54) is 12.1 Å². The summed E-state index contributed by atoms with van der Waals surface area (Å²) in [6.45, 7) is 3.31. The summed E-state index contributed by atoms with van der Waals surface area (Å²) in [4.78, 5) is 13.8. The van der Waals surface area contributed by atoms with Crippen LogP contribution in [0.25, 0.3) is 0 Å². The third kappa shape index (κ3) is 4.32. The molecule has 2 atom stereocenters. The third-order valence-electron chi connectivity index (χ3n) is 3.86. The van der Waals surface area contributed by atoms with Gasteiger partial charge in [0.2, 0.25) is 0 Å². The number of carbonyl (C=O) groups excluding carboxylic acids is 1. The molecule has 0 spiro atoms. The van der Waals surface area contributed by atoms with E-state index in [2.05, 4.69) is 5.32 Å². The van der Waals surface area contributed by atoms with Crippen LogP contribution in [0.2, 0.25) is 5.02 Å². The van der Waals surface area contributed by atoms with E-state index in [4.69, 9.17) is 11.6 Å². The topological polar surface area (TPSA) is 52.6 Å². The Kier molecular flexibility index (Phi) is 5.42. The fourth-order valence-electron chi connectivity index (χ4n) is 2.53. The van der Waals surface area contributed by atoms with Crippen molar-refractivity contribution in [3.05, 3.63) is 34.6 Å². The third-order valence-corrected chi connectivity index (χ3v) is 4.14. The van der Waals surface area contributed by atoms with Gasteiger partial charge >= 0.3 is 6.03 Å². The molecule has 21 heavy (non-hydrogen) atoms. The van der Waals surface area contributed by atoms with Crippen molar-refractivity contribution < 1.29 is 14.3 Å². The quantitative estimate of drug-likeness (QED) is 0.901.